The van der Waals surface area contributed by atoms with Gasteiger partial charge in [-0.3, -0.25) is 10.1 Å². The molecule has 0 unspecified atom stereocenters. The number of nitrogens with one attached hydrogen (secondary N) is 2. The second kappa shape index (κ2) is 7.98. The molecule has 134 valence electrons. The zero-order valence-electron chi connectivity index (χ0n) is 13.7. The summed E-state index contributed by atoms with van der Waals surface area (Å²) in [5.41, 5.74) is -0.0786. The molecule has 0 radical (unpaired) electrons. The van der Waals surface area contributed by atoms with Gasteiger partial charge in [0.25, 0.3) is 0 Å². The van der Waals surface area contributed by atoms with Crippen molar-refractivity contribution in [2.45, 2.75) is 51.9 Å². The molecule has 1 rings (SSSR count). The Labute approximate surface area is 137 Å². The number of rotatable bonds is 5. The van der Waals surface area contributed by atoms with Gasteiger partial charge in [0.05, 0.1) is 6.42 Å². The van der Waals surface area contributed by atoms with Crippen molar-refractivity contribution < 1.29 is 27.5 Å². The minimum Gasteiger partial charge on any atom is -0.444 e. The SMILES string of the molecule is CC(C)(C)OC(=O)Nc1cc(CNC(=O)CCC(F)(F)F)ccn1. The Kier molecular flexibility index (Phi) is 6.56. The summed E-state index contributed by atoms with van der Waals surface area (Å²) in [4.78, 5) is 26.9. The van der Waals surface area contributed by atoms with E-state index >= 15 is 0 Å². The molecule has 0 aromatic carbocycles. The van der Waals surface area contributed by atoms with E-state index in [-0.39, 0.29) is 12.4 Å². The van der Waals surface area contributed by atoms with Crippen LogP contribution in [0.25, 0.3) is 0 Å². The molecule has 0 bridgehead atoms. The first-order chi connectivity index (χ1) is 10.9. The summed E-state index contributed by atoms with van der Waals surface area (Å²) in [6.45, 7) is 5.18. The molecule has 0 atom stereocenters. The first-order valence-electron chi connectivity index (χ1n) is 7.23. The van der Waals surface area contributed by atoms with Crippen molar-refractivity contribution in [3.05, 3.63) is 23.9 Å². The molecule has 0 spiro atoms. The molecule has 0 aliphatic heterocycles. The first kappa shape index (κ1) is 19.7. The molecule has 1 aromatic heterocycles. The Balaban J connectivity index is 2.51. The third-order valence-corrected chi connectivity index (χ3v) is 2.58. The van der Waals surface area contributed by atoms with Crippen LogP contribution in [0.15, 0.2) is 18.3 Å². The Morgan fingerprint density at radius 1 is 1.25 bits per heavy atom. The van der Waals surface area contributed by atoms with E-state index in [0.29, 0.717) is 5.56 Å². The normalized spacial score (nSPS) is 11.8. The van der Waals surface area contributed by atoms with E-state index < -0.39 is 36.6 Å². The van der Waals surface area contributed by atoms with Gasteiger partial charge >= 0.3 is 12.3 Å². The molecule has 9 heteroatoms. The van der Waals surface area contributed by atoms with Crippen molar-refractivity contribution in [1.82, 2.24) is 10.3 Å². The van der Waals surface area contributed by atoms with Crippen LogP contribution in [0.2, 0.25) is 0 Å². The molecular weight excluding hydrogens is 327 g/mol. The first-order valence-corrected chi connectivity index (χ1v) is 7.23. The number of halogens is 3. The Morgan fingerprint density at radius 3 is 2.50 bits per heavy atom. The standard InChI is InChI=1S/C15H20F3N3O3/c1-14(2,3)24-13(23)21-11-8-10(5-7-19-11)9-20-12(22)4-6-15(16,17)18/h5,7-8H,4,6,9H2,1-3H3,(H,20,22)(H,19,21,23). The quantitative estimate of drug-likeness (QED) is 0.856. The van der Waals surface area contributed by atoms with E-state index in [1.165, 1.54) is 12.3 Å². The number of alkyl halides is 3. The Hall–Kier alpha value is -2.32. The molecule has 0 saturated heterocycles. The summed E-state index contributed by atoms with van der Waals surface area (Å²) in [5.74, 6) is -0.489. The van der Waals surface area contributed by atoms with Crippen LogP contribution in [-0.4, -0.2) is 28.8 Å². The van der Waals surface area contributed by atoms with Gasteiger partial charge in [0.2, 0.25) is 5.91 Å². The zero-order valence-corrected chi connectivity index (χ0v) is 13.7. The van der Waals surface area contributed by atoms with Crippen LogP contribution < -0.4 is 10.6 Å². The largest absolute Gasteiger partial charge is 0.444 e. The zero-order chi connectivity index (χ0) is 18.4. The van der Waals surface area contributed by atoms with Gasteiger partial charge in [-0.1, -0.05) is 0 Å². The number of carbonyl (C=O) groups is 2. The van der Waals surface area contributed by atoms with Gasteiger partial charge in [-0.15, -0.1) is 0 Å². The number of ether oxygens (including phenoxy) is 1. The van der Waals surface area contributed by atoms with Crippen LogP contribution >= 0.6 is 0 Å². The van der Waals surface area contributed by atoms with E-state index in [1.54, 1.807) is 26.8 Å². The Morgan fingerprint density at radius 2 is 1.92 bits per heavy atom. The van der Waals surface area contributed by atoms with Gasteiger partial charge in [-0.25, -0.2) is 9.78 Å². The van der Waals surface area contributed by atoms with Gasteiger partial charge in [-0.2, -0.15) is 13.2 Å². The van der Waals surface area contributed by atoms with Gasteiger partial charge in [-0.05, 0) is 38.5 Å². The number of hydrogen-bond donors (Lipinski definition) is 2. The number of anilines is 1. The van der Waals surface area contributed by atoms with Gasteiger partial charge in [0.15, 0.2) is 0 Å². The van der Waals surface area contributed by atoms with Crippen LogP contribution in [0.3, 0.4) is 0 Å². The molecule has 2 N–H and O–H groups in total. The van der Waals surface area contributed by atoms with Crippen molar-refractivity contribution in [3.8, 4) is 0 Å². The summed E-state index contributed by atoms with van der Waals surface area (Å²) in [5, 5.41) is 4.82. The minimum absolute atomic E-state index is 0.0300. The number of hydrogen-bond acceptors (Lipinski definition) is 4. The summed E-state index contributed by atoms with van der Waals surface area (Å²) in [6, 6.07) is 3.07. The average molecular weight is 347 g/mol. The highest BCUT2D eigenvalue weighted by Gasteiger charge is 2.27. The predicted octanol–water partition coefficient (Wildman–Crippen LogP) is 3.39. The molecule has 1 aromatic rings. The van der Waals surface area contributed by atoms with Gasteiger partial charge in [0.1, 0.15) is 11.4 Å². The molecule has 0 saturated carbocycles. The highest BCUT2D eigenvalue weighted by molar-refractivity contribution is 5.83. The molecule has 2 amide bonds. The molecule has 6 nitrogen and oxygen atoms in total. The monoisotopic (exact) mass is 347 g/mol. The summed E-state index contributed by atoms with van der Waals surface area (Å²) in [6.07, 6.45) is -5.43. The number of carbonyl (C=O) groups excluding carboxylic acids is 2. The van der Waals surface area contributed by atoms with Gasteiger partial charge in [0, 0.05) is 19.2 Å². The summed E-state index contributed by atoms with van der Waals surface area (Å²) in [7, 11) is 0. The Bertz CT molecular complexity index is 583. The highest BCUT2D eigenvalue weighted by Crippen LogP contribution is 2.21. The number of nitrogens with zero attached hydrogens (tertiary/aromatic N) is 1. The van der Waals surface area contributed by atoms with Crippen LogP contribution in [0.4, 0.5) is 23.8 Å². The lowest BCUT2D eigenvalue weighted by Gasteiger charge is -2.19. The maximum absolute atomic E-state index is 12.0. The van der Waals surface area contributed by atoms with Crippen molar-refractivity contribution >= 4 is 17.8 Å². The van der Waals surface area contributed by atoms with E-state index in [4.69, 9.17) is 4.74 Å². The van der Waals surface area contributed by atoms with Crippen LogP contribution in [0.1, 0.15) is 39.2 Å². The molecule has 0 fully saturated rings. The second-order valence-corrected chi connectivity index (χ2v) is 6.07. The molecule has 0 aliphatic rings. The fourth-order valence-corrected chi connectivity index (χ4v) is 1.61. The topological polar surface area (TPSA) is 80.3 Å². The fraction of sp³-hybridized carbons (Fsp3) is 0.533. The number of amides is 2. The van der Waals surface area contributed by atoms with Crippen molar-refractivity contribution in [1.29, 1.82) is 0 Å². The molecule has 0 aliphatic carbocycles. The lowest BCUT2D eigenvalue weighted by Crippen LogP contribution is -2.27. The minimum atomic E-state index is -4.36. The maximum atomic E-state index is 12.0. The third kappa shape index (κ3) is 8.96. The third-order valence-electron chi connectivity index (χ3n) is 2.58. The summed E-state index contributed by atoms with van der Waals surface area (Å²) < 4.78 is 41.2. The van der Waals surface area contributed by atoms with E-state index in [1.807, 2.05) is 0 Å². The van der Waals surface area contributed by atoms with E-state index in [2.05, 4.69) is 15.6 Å². The van der Waals surface area contributed by atoms with Crippen molar-refractivity contribution in [2.75, 3.05) is 5.32 Å². The van der Waals surface area contributed by atoms with Crippen molar-refractivity contribution in [2.24, 2.45) is 0 Å². The number of aromatic nitrogens is 1. The van der Waals surface area contributed by atoms with Crippen molar-refractivity contribution in [3.63, 3.8) is 0 Å². The average Bonchev–Trinajstić information content (AvgIpc) is 2.40. The fourth-order valence-electron chi connectivity index (χ4n) is 1.61. The molecular formula is C15H20F3N3O3. The molecule has 24 heavy (non-hydrogen) atoms. The molecule has 1 heterocycles. The van der Waals surface area contributed by atoms with E-state index in [9.17, 15) is 22.8 Å². The summed E-state index contributed by atoms with van der Waals surface area (Å²) >= 11 is 0. The maximum Gasteiger partial charge on any atom is 0.413 e. The van der Waals surface area contributed by atoms with Gasteiger partial charge < -0.3 is 10.1 Å². The van der Waals surface area contributed by atoms with Crippen LogP contribution in [-0.2, 0) is 16.1 Å². The lowest BCUT2D eigenvalue weighted by atomic mass is 10.2. The second-order valence-electron chi connectivity index (χ2n) is 6.07. The van der Waals surface area contributed by atoms with Crippen LogP contribution in [0.5, 0.6) is 0 Å². The number of pyridine rings is 1. The predicted molar refractivity (Wildman–Crippen MR) is 81.2 cm³/mol. The van der Waals surface area contributed by atoms with Crippen LogP contribution in [0, 0.1) is 0 Å². The lowest BCUT2D eigenvalue weighted by molar-refractivity contribution is -0.144. The smallest absolute Gasteiger partial charge is 0.413 e. The van der Waals surface area contributed by atoms with E-state index in [0.717, 1.165) is 0 Å². The highest BCUT2D eigenvalue weighted by atomic mass is 19.4.